The van der Waals surface area contributed by atoms with Gasteiger partial charge in [0.05, 0.1) is 11.4 Å². The lowest BCUT2D eigenvalue weighted by Crippen LogP contribution is -2.16. The molecule has 0 spiro atoms. The third-order valence-corrected chi connectivity index (χ3v) is 5.69. The van der Waals surface area contributed by atoms with Crippen LogP contribution in [0.5, 0.6) is 11.5 Å². The number of benzene rings is 5. The second kappa shape index (κ2) is 6.11. The van der Waals surface area contributed by atoms with E-state index >= 15 is 0 Å². The first kappa shape index (κ1) is 16.2. The first-order chi connectivity index (χ1) is 14.3. The Hall–Kier alpha value is -3.78. The molecule has 138 valence electrons. The summed E-state index contributed by atoms with van der Waals surface area (Å²) in [5.41, 5.74) is 4.54. The number of para-hydroxylation sites is 2. The summed E-state index contributed by atoms with van der Waals surface area (Å²) in [5.74, 6) is 1.79. The zero-order valence-electron chi connectivity index (χ0n) is 16.1. The van der Waals surface area contributed by atoms with Crippen molar-refractivity contribution in [3.8, 4) is 11.5 Å². The van der Waals surface area contributed by atoms with Gasteiger partial charge < -0.3 is 9.64 Å². The summed E-state index contributed by atoms with van der Waals surface area (Å²) in [4.78, 5) is 2.34. The highest BCUT2D eigenvalue weighted by molar-refractivity contribution is 6.19. The van der Waals surface area contributed by atoms with E-state index in [2.05, 4.69) is 96.8 Å². The molecule has 0 unspecified atom stereocenters. The minimum Gasteiger partial charge on any atom is -0.452 e. The SMILES string of the molecule is Cc1ccc(N2c3ccccc3Oc3c2c2ccccc2c2ccccc32)cc1. The van der Waals surface area contributed by atoms with Crippen LogP contribution in [0, 0.1) is 6.92 Å². The molecule has 2 nitrogen and oxygen atoms in total. The molecule has 0 radical (unpaired) electrons. The van der Waals surface area contributed by atoms with Crippen LogP contribution in [-0.2, 0) is 0 Å². The Labute approximate surface area is 169 Å². The van der Waals surface area contributed by atoms with Crippen LogP contribution in [0.1, 0.15) is 5.56 Å². The van der Waals surface area contributed by atoms with E-state index in [1.165, 1.54) is 21.7 Å². The van der Waals surface area contributed by atoms with E-state index in [9.17, 15) is 0 Å². The fraction of sp³-hybridized carbons (Fsp3) is 0.0370. The van der Waals surface area contributed by atoms with Crippen LogP contribution in [0.3, 0.4) is 0 Å². The second-order valence-corrected chi connectivity index (χ2v) is 7.51. The van der Waals surface area contributed by atoms with Crippen LogP contribution in [-0.4, -0.2) is 0 Å². The zero-order valence-corrected chi connectivity index (χ0v) is 16.1. The molecule has 5 aromatic carbocycles. The van der Waals surface area contributed by atoms with Crippen LogP contribution in [0.2, 0.25) is 0 Å². The van der Waals surface area contributed by atoms with Crippen LogP contribution in [0.25, 0.3) is 21.5 Å². The van der Waals surface area contributed by atoms with Crippen molar-refractivity contribution >= 4 is 38.6 Å². The second-order valence-electron chi connectivity index (χ2n) is 7.51. The van der Waals surface area contributed by atoms with E-state index in [0.29, 0.717) is 0 Å². The molecule has 0 saturated heterocycles. The van der Waals surface area contributed by atoms with Crippen LogP contribution < -0.4 is 9.64 Å². The number of ether oxygens (including phenoxy) is 1. The minimum atomic E-state index is 0.876. The van der Waals surface area contributed by atoms with Gasteiger partial charge in [-0.25, -0.2) is 0 Å². The predicted octanol–water partition coefficient (Wildman–Crippen LogP) is 7.88. The largest absolute Gasteiger partial charge is 0.452 e. The molecule has 0 aromatic heterocycles. The molecular weight excluding hydrogens is 354 g/mol. The Bertz CT molecular complexity index is 1390. The first-order valence-corrected chi connectivity index (χ1v) is 9.88. The van der Waals surface area contributed by atoms with Gasteiger partial charge >= 0.3 is 0 Å². The monoisotopic (exact) mass is 373 g/mol. The van der Waals surface area contributed by atoms with Gasteiger partial charge in [-0.3, -0.25) is 0 Å². The molecule has 0 amide bonds. The summed E-state index contributed by atoms with van der Waals surface area (Å²) in [5, 5.41) is 4.77. The maximum atomic E-state index is 6.53. The fourth-order valence-electron chi connectivity index (χ4n) is 4.34. The van der Waals surface area contributed by atoms with Gasteiger partial charge in [0.15, 0.2) is 11.5 Å². The summed E-state index contributed by atoms with van der Waals surface area (Å²) in [6.07, 6.45) is 0. The van der Waals surface area contributed by atoms with E-state index < -0.39 is 0 Å². The third-order valence-electron chi connectivity index (χ3n) is 5.69. The zero-order chi connectivity index (χ0) is 19.4. The van der Waals surface area contributed by atoms with Crippen molar-refractivity contribution in [1.82, 2.24) is 0 Å². The highest BCUT2D eigenvalue weighted by Gasteiger charge is 2.29. The van der Waals surface area contributed by atoms with Crippen molar-refractivity contribution in [3.05, 3.63) is 103 Å². The Morgan fingerprint density at radius 3 is 1.93 bits per heavy atom. The lowest BCUT2D eigenvalue weighted by atomic mass is 9.96. The van der Waals surface area contributed by atoms with Crippen LogP contribution >= 0.6 is 0 Å². The number of hydrogen-bond acceptors (Lipinski definition) is 2. The number of fused-ring (bicyclic) bond motifs is 7. The molecule has 2 heteroatoms. The van der Waals surface area contributed by atoms with Gasteiger partial charge in [0, 0.05) is 16.5 Å². The Morgan fingerprint density at radius 2 is 1.17 bits per heavy atom. The summed E-state index contributed by atoms with van der Waals surface area (Å²) < 4.78 is 6.53. The molecule has 1 aliphatic heterocycles. The highest BCUT2D eigenvalue weighted by atomic mass is 16.5. The van der Waals surface area contributed by atoms with Crippen molar-refractivity contribution in [2.24, 2.45) is 0 Å². The summed E-state index contributed by atoms with van der Waals surface area (Å²) in [7, 11) is 0. The van der Waals surface area contributed by atoms with Crippen molar-refractivity contribution in [3.63, 3.8) is 0 Å². The quantitative estimate of drug-likeness (QED) is 0.272. The molecular formula is C27H19NO. The summed E-state index contributed by atoms with van der Waals surface area (Å²) >= 11 is 0. The Kier molecular flexibility index (Phi) is 3.41. The van der Waals surface area contributed by atoms with Gasteiger partial charge in [-0.1, -0.05) is 78.4 Å². The number of hydrogen-bond donors (Lipinski definition) is 0. The number of nitrogens with zero attached hydrogens (tertiary/aromatic N) is 1. The van der Waals surface area contributed by atoms with E-state index in [1.54, 1.807) is 0 Å². The Balaban J connectivity index is 1.79. The van der Waals surface area contributed by atoms with Gasteiger partial charge in [-0.05, 0) is 42.0 Å². The molecule has 29 heavy (non-hydrogen) atoms. The Morgan fingerprint density at radius 1 is 0.586 bits per heavy atom. The maximum absolute atomic E-state index is 6.53. The average Bonchev–Trinajstić information content (AvgIpc) is 2.78. The summed E-state index contributed by atoms with van der Waals surface area (Å²) in [6, 6.07) is 34.1. The number of rotatable bonds is 1. The molecule has 5 aromatic rings. The van der Waals surface area contributed by atoms with Crippen molar-refractivity contribution in [2.45, 2.75) is 6.92 Å². The molecule has 0 bridgehead atoms. The van der Waals surface area contributed by atoms with E-state index in [1.807, 2.05) is 12.1 Å². The van der Waals surface area contributed by atoms with Crippen molar-refractivity contribution in [1.29, 1.82) is 0 Å². The third kappa shape index (κ3) is 2.36. The fourth-order valence-corrected chi connectivity index (χ4v) is 4.34. The van der Waals surface area contributed by atoms with Gasteiger partial charge in [-0.2, -0.15) is 0 Å². The first-order valence-electron chi connectivity index (χ1n) is 9.88. The molecule has 0 N–H and O–H groups in total. The topological polar surface area (TPSA) is 12.5 Å². The van der Waals surface area contributed by atoms with E-state index in [0.717, 1.165) is 33.9 Å². The van der Waals surface area contributed by atoms with Gasteiger partial charge in [-0.15, -0.1) is 0 Å². The molecule has 0 atom stereocenters. The smallest absolute Gasteiger partial charge is 0.160 e. The van der Waals surface area contributed by atoms with E-state index in [4.69, 9.17) is 4.74 Å². The molecule has 0 saturated carbocycles. The predicted molar refractivity (Wildman–Crippen MR) is 121 cm³/mol. The van der Waals surface area contributed by atoms with Crippen molar-refractivity contribution < 1.29 is 4.74 Å². The van der Waals surface area contributed by atoms with Gasteiger partial charge in [0.25, 0.3) is 0 Å². The molecule has 1 aliphatic rings. The molecule has 1 heterocycles. The lowest BCUT2D eigenvalue weighted by molar-refractivity contribution is 0.483. The highest BCUT2D eigenvalue weighted by Crippen LogP contribution is 2.55. The molecule has 0 fully saturated rings. The number of anilines is 3. The maximum Gasteiger partial charge on any atom is 0.160 e. The average molecular weight is 373 g/mol. The molecule has 0 aliphatic carbocycles. The molecule has 6 rings (SSSR count). The minimum absolute atomic E-state index is 0.876. The summed E-state index contributed by atoms with van der Waals surface area (Å²) in [6.45, 7) is 2.12. The standard InChI is InChI=1S/C27H19NO/c1-18-14-16-19(17-15-18)28-24-12-6-7-13-25(24)29-27-23-11-5-3-9-21(23)20-8-2-4-10-22(20)26(27)28/h2-17H,1H3. The lowest BCUT2D eigenvalue weighted by Gasteiger charge is -2.34. The van der Waals surface area contributed by atoms with E-state index in [-0.39, 0.29) is 0 Å². The van der Waals surface area contributed by atoms with Crippen LogP contribution in [0.15, 0.2) is 97.1 Å². The van der Waals surface area contributed by atoms with Gasteiger partial charge in [0.2, 0.25) is 0 Å². The number of aryl methyl sites for hydroxylation is 1. The van der Waals surface area contributed by atoms with Gasteiger partial charge in [0.1, 0.15) is 0 Å². The van der Waals surface area contributed by atoms with Crippen molar-refractivity contribution in [2.75, 3.05) is 4.90 Å². The van der Waals surface area contributed by atoms with Crippen LogP contribution in [0.4, 0.5) is 17.1 Å². The normalized spacial score (nSPS) is 12.5.